The number of anilines is 3. The first-order valence-electron chi connectivity index (χ1n) is 10.8. The minimum Gasteiger partial charge on any atom is -0.495 e. The van der Waals surface area contributed by atoms with E-state index in [4.69, 9.17) is 32.7 Å². The van der Waals surface area contributed by atoms with Gasteiger partial charge in [0.05, 0.1) is 42.4 Å². The maximum Gasteiger partial charge on any atom is 0.148 e. The second-order valence-corrected chi connectivity index (χ2v) is 8.76. The Morgan fingerprint density at radius 2 is 1.84 bits per heavy atom. The fraction of sp³-hybridized carbons (Fsp3) is 0.500. The Morgan fingerprint density at radius 3 is 2.42 bits per heavy atom. The van der Waals surface area contributed by atoms with Gasteiger partial charge in [-0.05, 0) is 48.9 Å². The van der Waals surface area contributed by atoms with Crippen LogP contribution in [0.4, 0.5) is 17.1 Å². The van der Waals surface area contributed by atoms with Crippen LogP contribution in [0.3, 0.4) is 0 Å². The van der Waals surface area contributed by atoms with Crippen LogP contribution in [-0.2, 0) is 4.74 Å². The molecule has 0 radical (unpaired) electrons. The van der Waals surface area contributed by atoms with Gasteiger partial charge >= 0.3 is 0 Å². The number of ether oxygens (including phenoxy) is 2. The summed E-state index contributed by atoms with van der Waals surface area (Å²) in [6.07, 6.45) is 2.01. The van der Waals surface area contributed by atoms with E-state index in [9.17, 15) is 0 Å². The van der Waals surface area contributed by atoms with Gasteiger partial charge in [-0.15, -0.1) is 0 Å². The van der Waals surface area contributed by atoms with E-state index in [0.717, 1.165) is 46.2 Å². The molecule has 1 fully saturated rings. The van der Waals surface area contributed by atoms with Crippen LogP contribution in [0.5, 0.6) is 5.75 Å². The van der Waals surface area contributed by atoms with Gasteiger partial charge in [0.2, 0.25) is 0 Å². The van der Waals surface area contributed by atoms with Gasteiger partial charge in [0.25, 0.3) is 0 Å². The van der Waals surface area contributed by atoms with Gasteiger partial charge in [0, 0.05) is 25.2 Å². The normalized spacial score (nSPS) is 16.4. The van der Waals surface area contributed by atoms with Crippen molar-refractivity contribution in [1.82, 2.24) is 0 Å². The van der Waals surface area contributed by atoms with Crippen LogP contribution in [-0.4, -0.2) is 40.7 Å². The molecule has 1 heterocycles. The quantitative estimate of drug-likeness (QED) is 0.480. The van der Waals surface area contributed by atoms with Crippen molar-refractivity contribution >= 4 is 40.3 Å². The standard InChI is InChI=1S/C24H33Cl2N3O2/c1-7-16(8-2)18-9-10-19(26)22(27-4)24(18)28-13-21(31-6)29(14-28)23-15(3)11-17(25)12-20(23)30-5/h9-12,16,21,27H,7-8,13-14H2,1-6H3. The van der Waals surface area contributed by atoms with Gasteiger partial charge in [-0.25, -0.2) is 0 Å². The number of aryl methyl sites for hydroxylation is 1. The molecule has 0 bridgehead atoms. The highest BCUT2D eigenvalue weighted by Gasteiger charge is 2.36. The summed E-state index contributed by atoms with van der Waals surface area (Å²) >= 11 is 12.9. The van der Waals surface area contributed by atoms with Crippen molar-refractivity contribution < 1.29 is 9.47 Å². The summed E-state index contributed by atoms with van der Waals surface area (Å²) < 4.78 is 11.6. The van der Waals surface area contributed by atoms with E-state index < -0.39 is 0 Å². The largest absolute Gasteiger partial charge is 0.495 e. The molecule has 0 aliphatic carbocycles. The summed E-state index contributed by atoms with van der Waals surface area (Å²) in [6, 6.07) is 7.99. The van der Waals surface area contributed by atoms with Gasteiger partial charge < -0.3 is 24.6 Å². The van der Waals surface area contributed by atoms with Gasteiger partial charge in [-0.1, -0.05) is 43.1 Å². The summed E-state index contributed by atoms with van der Waals surface area (Å²) in [6.45, 7) is 7.89. The number of halogens is 2. The minimum absolute atomic E-state index is 0.132. The minimum atomic E-state index is -0.132. The molecule has 1 unspecified atom stereocenters. The molecule has 1 N–H and O–H groups in total. The average molecular weight is 466 g/mol. The second kappa shape index (κ2) is 10.2. The van der Waals surface area contributed by atoms with Gasteiger partial charge in [0.15, 0.2) is 0 Å². The lowest BCUT2D eigenvalue weighted by molar-refractivity contribution is 0.122. The van der Waals surface area contributed by atoms with E-state index in [1.54, 1.807) is 14.2 Å². The lowest BCUT2D eigenvalue weighted by Gasteiger charge is -2.30. The first-order valence-corrected chi connectivity index (χ1v) is 11.5. The molecule has 0 amide bonds. The number of hydrogen-bond donors (Lipinski definition) is 1. The van der Waals surface area contributed by atoms with E-state index in [0.29, 0.717) is 24.2 Å². The van der Waals surface area contributed by atoms with Crippen LogP contribution in [0.15, 0.2) is 24.3 Å². The predicted octanol–water partition coefficient (Wildman–Crippen LogP) is 6.51. The number of nitrogens with zero attached hydrogens (tertiary/aromatic N) is 2. The topological polar surface area (TPSA) is 37.0 Å². The van der Waals surface area contributed by atoms with E-state index >= 15 is 0 Å². The van der Waals surface area contributed by atoms with E-state index in [-0.39, 0.29) is 6.23 Å². The first-order chi connectivity index (χ1) is 14.9. The monoisotopic (exact) mass is 465 g/mol. The molecule has 7 heteroatoms. The highest BCUT2D eigenvalue weighted by atomic mass is 35.5. The Hall–Kier alpha value is -1.82. The number of hydrogen-bond acceptors (Lipinski definition) is 5. The molecule has 1 atom stereocenters. The first kappa shape index (κ1) is 23.8. The maximum atomic E-state index is 6.62. The van der Waals surface area contributed by atoms with Crippen molar-refractivity contribution in [3.63, 3.8) is 0 Å². The summed E-state index contributed by atoms with van der Waals surface area (Å²) in [5.74, 6) is 1.20. The zero-order chi connectivity index (χ0) is 22.7. The van der Waals surface area contributed by atoms with E-state index in [2.05, 4.69) is 35.0 Å². The summed E-state index contributed by atoms with van der Waals surface area (Å²) in [7, 11) is 5.35. The van der Waals surface area contributed by atoms with Crippen molar-refractivity contribution in [1.29, 1.82) is 0 Å². The molecule has 2 aromatic carbocycles. The van der Waals surface area contributed by atoms with Crippen LogP contribution in [0.1, 0.15) is 43.7 Å². The third kappa shape index (κ3) is 4.55. The maximum absolute atomic E-state index is 6.62. The molecule has 1 saturated heterocycles. The Kier molecular flexibility index (Phi) is 7.84. The molecule has 0 spiro atoms. The van der Waals surface area contributed by atoms with Crippen molar-refractivity contribution in [3.05, 3.63) is 45.4 Å². The van der Waals surface area contributed by atoms with Crippen molar-refractivity contribution in [3.8, 4) is 5.75 Å². The zero-order valence-electron chi connectivity index (χ0n) is 19.3. The second-order valence-electron chi connectivity index (χ2n) is 7.92. The Labute approximate surface area is 196 Å². The molecule has 1 aliphatic rings. The SMILES string of the molecule is CCC(CC)c1ccc(Cl)c(NC)c1N1CC(OC)N(c2c(C)cc(Cl)cc2OC)C1. The van der Waals surface area contributed by atoms with Crippen molar-refractivity contribution in [2.75, 3.05) is 49.6 Å². The highest BCUT2D eigenvalue weighted by Crippen LogP contribution is 2.45. The number of methoxy groups -OCH3 is 2. The average Bonchev–Trinajstić information content (AvgIpc) is 3.17. The fourth-order valence-electron chi connectivity index (χ4n) is 4.65. The van der Waals surface area contributed by atoms with Crippen molar-refractivity contribution in [2.45, 2.75) is 45.8 Å². The molecule has 170 valence electrons. The van der Waals surface area contributed by atoms with E-state index in [1.807, 2.05) is 32.2 Å². The molecule has 0 aromatic heterocycles. The van der Waals surface area contributed by atoms with Crippen LogP contribution in [0.2, 0.25) is 10.0 Å². The van der Waals surface area contributed by atoms with E-state index in [1.165, 1.54) is 5.56 Å². The molecular weight excluding hydrogens is 433 g/mol. The molecule has 0 saturated carbocycles. The Balaban J connectivity index is 2.11. The molecule has 2 aromatic rings. The van der Waals surface area contributed by atoms with Gasteiger partial charge in [-0.2, -0.15) is 0 Å². The lowest BCUT2D eigenvalue weighted by Crippen LogP contribution is -2.33. The molecule has 1 aliphatic heterocycles. The molecule has 3 rings (SSSR count). The zero-order valence-corrected chi connectivity index (χ0v) is 20.8. The third-order valence-electron chi connectivity index (χ3n) is 6.21. The van der Waals surface area contributed by atoms with Gasteiger partial charge in [0.1, 0.15) is 12.0 Å². The number of benzene rings is 2. The van der Waals surface area contributed by atoms with Crippen LogP contribution < -0.4 is 19.9 Å². The molecular formula is C24H33Cl2N3O2. The Morgan fingerprint density at radius 1 is 1.13 bits per heavy atom. The predicted molar refractivity (Wildman–Crippen MR) is 133 cm³/mol. The fourth-order valence-corrected chi connectivity index (χ4v) is 5.16. The molecule has 31 heavy (non-hydrogen) atoms. The summed E-state index contributed by atoms with van der Waals surface area (Å²) in [5.41, 5.74) is 5.48. The third-order valence-corrected chi connectivity index (χ3v) is 6.74. The summed E-state index contributed by atoms with van der Waals surface area (Å²) in [5, 5.41) is 4.72. The highest BCUT2D eigenvalue weighted by molar-refractivity contribution is 6.34. The van der Waals surface area contributed by atoms with Crippen molar-refractivity contribution in [2.24, 2.45) is 0 Å². The summed E-state index contributed by atoms with van der Waals surface area (Å²) in [4.78, 5) is 4.59. The van der Waals surface area contributed by atoms with Crippen LogP contribution in [0, 0.1) is 6.92 Å². The Bertz CT molecular complexity index is 918. The molecule has 5 nitrogen and oxygen atoms in total. The lowest BCUT2D eigenvalue weighted by atomic mass is 9.91. The van der Waals surface area contributed by atoms with Crippen LogP contribution >= 0.6 is 23.2 Å². The number of rotatable bonds is 8. The van der Waals surface area contributed by atoms with Gasteiger partial charge in [-0.3, -0.25) is 0 Å². The van der Waals surface area contributed by atoms with Crippen LogP contribution in [0.25, 0.3) is 0 Å². The smallest absolute Gasteiger partial charge is 0.148 e. The number of nitrogens with one attached hydrogen (secondary N) is 1.